The SMILES string of the molecule is CO[C@H]1O[C@H](COS(=O)(=O)c2ccc(C)cc2)C[C@@H]2OC(C)(C)O[C@H]12. The van der Waals surface area contributed by atoms with Crippen molar-refractivity contribution >= 4 is 10.1 Å². The molecule has 25 heavy (non-hydrogen) atoms. The van der Waals surface area contributed by atoms with Crippen LogP contribution in [-0.4, -0.2) is 52.5 Å². The van der Waals surface area contributed by atoms with E-state index in [0.717, 1.165) is 5.56 Å². The summed E-state index contributed by atoms with van der Waals surface area (Å²) in [4.78, 5) is 0.122. The Kier molecular flexibility index (Phi) is 5.21. The number of ether oxygens (including phenoxy) is 4. The monoisotopic (exact) mass is 372 g/mol. The lowest BCUT2D eigenvalue weighted by Gasteiger charge is -2.35. The normalized spacial score (nSPS) is 31.7. The summed E-state index contributed by atoms with van der Waals surface area (Å²) in [6, 6.07) is 6.50. The lowest BCUT2D eigenvalue weighted by molar-refractivity contribution is -0.244. The van der Waals surface area contributed by atoms with E-state index >= 15 is 0 Å². The van der Waals surface area contributed by atoms with Crippen LogP contribution in [0.5, 0.6) is 0 Å². The summed E-state index contributed by atoms with van der Waals surface area (Å²) in [6.45, 7) is 5.43. The Morgan fingerprint density at radius 2 is 1.88 bits per heavy atom. The molecule has 3 rings (SSSR count). The summed E-state index contributed by atoms with van der Waals surface area (Å²) in [5.41, 5.74) is 0.976. The van der Waals surface area contributed by atoms with Crippen molar-refractivity contribution in [2.75, 3.05) is 13.7 Å². The molecule has 1 aromatic rings. The molecule has 0 amide bonds. The van der Waals surface area contributed by atoms with E-state index in [-0.39, 0.29) is 23.7 Å². The Morgan fingerprint density at radius 1 is 1.20 bits per heavy atom. The Hall–Kier alpha value is -1.03. The maximum atomic E-state index is 12.3. The molecular weight excluding hydrogens is 348 g/mol. The average molecular weight is 372 g/mol. The first-order valence-electron chi connectivity index (χ1n) is 8.20. The molecule has 0 N–H and O–H groups in total. The summed E-state index contributed by atoms with van der Waals surface area (Å²) in [6.07, 6.45) is -1.20. The first-order chi connectivity index (χ1) is 11.7. The second-order valence-electron chi connectivity index (χ2n) is 6.79. The molecular formula is C17H24O7S. The fourth-order valence-corrected chi connectivity index (χ4v) is 4.03. The predicted molar refractivity (Wildman–Crippen MR) is 88.4 cm³/mol. The highest BCUT2D eigenvalue weighted by Gasteiger charge is 2.50. The first-order valence-corrected chi connectivity index (χ1v) is 9.61. The standard InChI is InChI=1S/C17H24O7S/c1-11-5-7-13(8-6-11)25(18,19)21-10-12-9-14-15(16(20-4)22-12)24-17(2,3)23-14/h5-8,12,14-16H,9-10H2,1-4H3/t12-,14-,15-,16-/m0/s1. The number of hydrogen-bond donors (Lipinski definition) is 0. The van der Waals surface area contributed by atoms with Gasteiger partial charge in [-0.3, -0.25) is 4.18 Å². The smallest absolute Gasteiger partial charge is 0.297 e. The fourth-order valence-electron chi connectivity index (χ4n) is 3.09. The summed E-state index contributed by atoms with van der Waals surface area (Å²) in [5.74, 6) is -0.723. The van der Waals surface area contributed by atoms with Gasteiger partial charge in [0.25, 0.3) is 10.1 Å². The maximum Gasteiger partial charge on any atom is 0.297 e. The van der Waals surface area contributed by atoms with Crippen LogP contribution in [0.25, 0.3) is 0 Å². The molecule has 1 aromatic carbocycles. The largest absolute Gasteiger partial charge is 0.353 e. The molecule has 2 heterocycles. The number of hydrogen-bond acceptors (Lipinski definition) is 7. The van der Waals surface area contributed by atoms with Crippen LogP contribution in [0.3, 0.4) is 0 Å². The van der Waals surface area contributed by atoms with Crippen LogP contribution in [0, 0.1) is 6.92 Å². The molecule has 7 nitrogen and oxygen atoms in total. The van der Waals surface area contributed by atoms with Gasteiger partial charge in [0, 0.05) is 13.5 Å². The van der Waals surface area contributed by atoms with E-state index in [1.807, 2.05) is 20.8 Å². The van der Waals surface area contributed by atoms with E-state index in [0.29, 0.717) is 6.42 Å². The van der Waals surface area contributed by atoms with E-state index in [4.69, 9.17) is 23.1 Å². The van der Waals surface area contributed by atoms with Gasteiger partial charge in [0.2, 0.25) is 0 Å². The van der Waals surface area contributed by atoms with E-state index in [1.54, 1.807) is 12.1 Å². The highest BCUT2D eigenvalue weighted by Crippen LogP contribution is 2.37. The summed E-state index contributed by atoms with van der Waals surface area (Å²) in [5, 5.41) is 0. The van der Waals surface area contributed by atoms with Gasteiger partial charge >= 0.3 is 0 Å². The van der Waals surface area contributed by atoms with Gasteiger partial charge in [0.05, 0.1) is 23.7 Å². The van der Waals surface area contributed by atoms with E-state index in [2.05, 4.69) is 0 Å². The zero-order valence-corrected chi connectivity index (χ0v) is 15.6. The van der Waals surface area contributed by atoms with Crippen LogP contribution in [0.2, 0.25) is 0 Å². The van der Waals surface area contributed by atoms with Crippen LogP contribution < -0.4 is 0 Å². The number of benzene rings is 1. The summed E-state index contributed by atoms with van der Waals surface area (Å²) in [7, 11) is -2.32. The topological polar surface area (TPSA) is 80.3 Å². The molecule has 8 heteroatoms. The van der Waals surface area contributed by atoms with Gasteiger partial charge in [-0.1, -0.05) is 17.7 Å². The maximum absolute atomic E-state index is 12.3. The molecule has 2 aliphatic heterocycles. The molecule has 0 saturated carbocycles. The number of aryl methyl sites for hydroxylation is 1. The van der Waals surface area contributed by atoms with Crippen molar-refractivity contribution < 1.29 is 31.5 Å². The van der Waals surface area contributed by atoms with Gasteiger partial charge in [-0.25, -0.2) is 0 Å². The van der Waals surface area contributed by atoms with Crippen molar-refractivity contribution in [3.05, 3.63) is 29.8 Å². The van der Waals surface area contributed by atoms with E-state index in [1.165, 1.54) is 19.2 Å². The van der Waals surface area contributed by atoms with Crippen molar-refractivity contribution in [2.24, 2.45) is 0 Å². The first kappa shape index (κ1) is 18.8. The third kappa shape index (κ3) is 4.21. The van der Waals surface area contributed by atoms with Gasteiger partial charge in [-0.05, 0) is 32.9 Å². The quantitative estimate of drug-likeness (QED) is 0.731. The molecule has 140 valence electrons. The molecule has 0 aromatic heterocycles. The molecule has 0 spiro atoms. The number of rotatable bonds is 5. The highest BCUT2D eigenvalue weighted by molar-refractivity contribution is 7.86. The Morgan fingerprint density at radius 3 is 2.52 bits per heavy atom. The Labute approximate surface area is 148 Å². The van der Waals surface area contributed by atoms with Crippen LogP contribution in [-0.2, 0) is 33.2 Å². The zero-order chi connectivity index (χ0) is 18.2. The number of methoxy groups -OCH3 is 1. The average Bonchev–Trinajstić information content (AvgIpc) is 2.86. The van der Waals surface area contributed by atoms with E-state index in [9.17, 15) is 8.42 Å². The molecule has 0 unspecified atom stereocenters. The fraction of sp³-hybridized carbons (Fsp3) is 0.647. The summed E-state index contributed by atoms with van der Waals surface area (Å²) >= 11 is 0. The van der Waals surface area contributed by atoms with Crippen molar-refractivity contribution in [1.29, 1.82) is 0 Å². The van der Waals surface area contributed by atoms with Gasteiger partial charge in [-0.2, -0.15) is 8.42 Å². The minimum atomic E-state index is -3.84. The van der Waals surface area contributed by atoms with Crippen LogP contribution in [0.15, 0.2) is 29.2 Å². The second-order valence-corrected chi connectivity index (χ2v) is 8.40. The molecule has 0 radical (unpaired) electrons. The molecule has 2 saturated heterocycles. The zero-order valence-electron chi connectivity index (χ0n) is 14.8. The predicted octanol–water partition coefficient (Wildman–Crippen LogP) is 1.98. The van der Waals surface area contributed by atoms with Gasteiger partial charge < -0.3 is 18.9 Å². The van der Waals surface area contributed by atoms with Crippen molar-refractivity contribution in [1.82, 2.24) is 0 Å². The van der Waals surface area contributed by atoms with Crippen molar-refractivity contribution in [3.8, 4) is 0 Å². The molecule has 4 atom stereocenters. The second kappa shape index (κ2) is 6.94. The third-order valence-corrected chi connectivity index (χ3v) is 5.56. The van der Waals surface area contributed by atoms with Crippen molar-refractivity contribution in [2.45, 2.75) is 62.5 Å². The van der Waals surface area contributed by atoms with Gasteiger partial charge in [-0.15, -0.1) is 0 Å². The van der Waals surface area contributed by atoms with E-state index < -0.39 is 28.3 Å². The van der Waals surface area contributed by atoms with Crippen LogP contribution >= 0.6 is 0 Å². The highest BCUT2D eigenvalue weighted by atomic mass is 32.2. The van der Waals surface area contributed by atoms with Crippen LogP contribution in [0.4, 0.5) is 0 Å². The van der Waals surface area contributed by atoms with Crippen molar-refractivity contribution in [3.63, 3.8) is 0 Å². The van der Waals surface area contributed by atoms with Gasteiger partial charge in [0.15, 0.2) is 12.1 Å². The third-order valence-electron chi connectivity index (χ3n) is 4.26. The molecule has 0 bridgehead atoms. The minimum Gasteiger partial charge on any atom is -0.353 e. The molecule has 0 aliphatic carbocycles. The molecule has 2 fully saturated rings. The van der Waals surface area contributed by atoms with Crippen LogP contribution in [0.1, 0.15) is 25.8 Å². The lowest BCUT2D eigenvalue weighted by Crippen LogP contribution is -2.49. The molecule has 2 aliphatic rings. The minimum absolute atomic E-state index is 0.108. The Bertz CT molecular complexity index is 698. The van der Waals surface area contributed by atoms with Gasteiger partial charge in [0.1, 0.15) is 6.10 Å². The Balaban J connectivity index is 1.64. The number of fused-ring (bicyclic) bond motifs is 1. The summed E-state index contributed by atoms with van der Waals surface area (Å²) < 4.78 is 52.5. The lowest BCUT2D eigenvalue weighted by atomic mass is 10.0.